The lowest BCUT2D eigenvalue weighted by Crippen LogP contribution is -2.07. The fraction of sp³-hybridized carbons (Fsp3) is 0.222. The van der Waals surface area contributed by atoms with Gasteiger partial charge in [-0.3, -0.25) is 0 Å². The SMILES string of the molecule is SC(c1nnc(-c2cccc(Cl)c2)o1)c1nnc(-c2ccco2)n1C1CC1. The molecule has 0 amide bonds. The Hall–Kier alpha value is -2.58. The molecular weight excluding hydrogens is 386 g/mol. The lowest BCUT2D eigenvalue weighted by atomic mass is 10.2. The van der Waals surface area contributed by atoms with Gasteiger partial charge in [0.05, 0.1) is 6.26 Å². The van der Waals surface area contributed by atoms with E-state index < -0.39 is 5.25 Å². The molecule has 136 valence electrons. The van der Waals surface area contributed by atoms with Gasteiger partial charge >= 0.3 is 0 Å². The maximum atomic E-state index is 6.04. The third-order valence-corrected chi connectivity index (χ3v) is 5.05. The van der Waals surface area contributed by atoms with Gasteiger partial charge in [0.25, 0.3) is 0 Å². The second-order valence-electron chi connectivity index (χ2n) is 6.32. The predicted molar refractivity (Wildman–Crippen MR) is 102 cm³/mol. The van der Waals surface area contributed by atoms with Gasteiger partial charge in [0.15, 0.2) is 17.4 Å². The predicted octanol–water partition coefficient (Wildman–Crippen LogP) is 4.60. The van der Waals surface area contributed by atoms with Crippen molar-refractivity contribution in [3.63, 3.8) is 0 Å². The molecule has 0 radical (unpaired) electrons. The first kappa shape index (κ1) is 16.6. The molecule has 1 saturated carbocycles. The molecule has 0 spiro atoms. The zero-order valence-corrected chi connectivity index (χ0v) is 15.6. The minimum Gasteiger partial charge on any atom is -0.461 e. The van der Waals surface area contributed by atoms with Crippen LogP contribution >= 0.6 is 24.2 Å². The van der Waals surface area contributed by atoms with Crippen molar-refractivity contribution >= 4 is 24.2 Å². The molecule has 1 aliphatic carbocycles. The highest BCUT2D eigenvalue weighted by Crippen LogP contribution is 2.42. The van der Waals surface area contributed by atoms with Crippen LogP contribution in [-0.4, -0.2) is 25.0 Å². The molecule has 0 aliphatic heterocycles. The second-order valence-corrected chi connectivity index (χ2v) is 7.27. The highest BCUT2D eigenvalue weighted by Gasteiger charge is 2.34. The molecule has 7 nitrogen and oxygen atoms in total. The van der Waals surface area contributed by atoms with Crippen molar-refractivity contribution < 1.29 is 8.83 Å². The Labute approximate surface area is 164 Å². The third-order valence-electron chi connectivity index (χ3n) is 4.37. The summed E-state index contributed by atoms with van der Waals surface area (Å²) in [5, 5.41) is 17.0. The van der Waals surface area contributed by atoms with Gasteiger partial charge in [0.1, 0.15) is 5.25 Å². The van der Waals surface area contributed by atoms with E-state index in [0.29, 0.717) is 40.3 Å². The number of rotatable bonds is 5. The van der Waals surface area contributed by atoms with Crippen molar-refractivity contribution in [2.45, 2.75) is 24.1 Å². The average molecular weight is 400 g/mol. The van der Waals surface area contributed by atoms with Gasteiger partial charge in [-0.1, -0.05) is 17.7 Å². The lowest BCUT2D eigenvalue weighted by molar-refractivity contribution is 0.504. The molecule has 4 aromatic rings. The number of halogens is 1. The zero-order valence-electron chi connectivity index (χ0n) is 14.0. The summed E-state index contributed by atoms with van der Waals surface area (Å²) in [5.74, 6) is 2.76. The molecule has 1 fully saturated rings. The van der Waals surface area contributed by atoms with Gasteiger partial charge in [-0.15, -0.1) is 20.4 Å². The maximum Gasteiger partial charge on any atom is 0.247 e. The molecule has 3 heterocycles. The number of aromatic nitrogens is 5. The smallest absolute Gasteiger partial charge is 0.247 e. The van der Waals surface area contributed by atoms with Crippen LogP contribution in [0.4, 0.5) is 0 Å². The molecule has 1 atom stereocenters. The van der Waals surface area contributed by atoms with Crippen LogP contribution in [0.25, 0.3) is 23.0 Å². The first-order valence-corrected chi connectivity index (χ1v) is 9.36. The van der Waals surface area contributed by atoms with E-state index in [0.717, 1.165) is 18.4 Å². The van der Waals surface area contributed by atoms with E-state index in [-0.39, 0.29) is 0 Å². The summed E-state index contributed by atoms with van der Waals surface area (Å²) in [6.45, 7) is 0. The van der Waals surface area contributed by atoms with Crippen LogP contribution in [0, 0.1) is 0 Å². The molecule has 1 unspecified atom stereocenters. The fourth-order valence-corrected chi connectivity index (χ4v) is 3.42. The number of furan rings is 1. The molecule has 0 saturated heterocycles. The van der Waals surface area contributed by atoms with Gasteiger partial charge in [-0.2, -0.15) is 12.6 Å². The monoisotopic (exact) mass is 399 g/mol. The van der Waals surface area contributed by atoms with Crippen LogP contribution in [0.1, 0.15) is 35.8 Å². The average Bonchev–Trinajstić information content (AvgIpc) is 3.12. The van der Waals surface area contributed by atoms with Crippen LogP contribution < -0.4 is 0 Å². The number of nitrogens with zero attached hydrogens (tertiary/aromatic N) is 5. The highest BCUT2D eigenvalue weighted by atomic mass is 35.5. The number of hydrogen-bond acceptors (Lipinski definition) is 7. The first-order chi connectivity index (χ1) is 13.2. The van der Waals surface area contributed by atoms with E-state index in [1.165, 1.54) is 0 Å². The molecule has 1 aromatic carbocycles. The summed E-state index contributed by atoms with van der Waals surface area (Å²) in [7, 11) is 0. The van der Waals surface area contributed by atoms with E-state index in [9.17, 15) is 0 Å². The molecule has 0 bridgehead atoms. The Morgan fingerprint density at radius 3 is 2.74 bits per heavy atom. The summed E-state index contributed by atoms with van der Waals surface area (Å²) >= 11 is 10.7. The van der Waals surface area contributed by atoms with Gasteiger partial charge in [0, 0.05) is 16.6 Å². The Balaban J connectivity index is 1.51. The second kappa shape index (κ2) is 6.54. The minimum absolute atomic E-state index is 0.333. The normalized spacial score (nSPS) is 15.2. The molecule has 9 heteroatoms. The van der Waals surface area contributed by atoms with Gasteiger partial charge < -0.3 is 13.4 Å². The van der Waals surface area contributed by atoms with Crippen molar-refractivity contribution in [2.24, 2.45) is 0 Å². The summed E-state index contributed by atoms with van der Waals surface area (Å²) < 4.78 is 13.4. The quantitative estimate of drug-likeness (QED) is 0.494. The number of benzene rings is 1. The molecule has 0 N–H and O–H groups in total. The number of hydrogen-bond donors (Lipinski definition) is 1. The minimum atomic E-state index is -0.498. The van der Waals surface area contributed by atoms with Crippen molar-refractivity contribution in [1.82, 2.24) is 25.0 Å². The van der Waals surface area contributed by atoms with Crippen LogP contribution in [0.2, 0.25) is 5.02 Å². The van der Waals surface area contributed by atoms with Crippen molar-refractivity contribution in [3.05, 3.63) is 59.4 Å². The Morgan fingerprint density at radius 2 is 2.00 bits per heavy atom. The van der Waals surface area contributed by atoms with Crippen molar-refractivity contribution in [1.29, 1.82) is 0 Å². The van der Waals surface area contributed by atoms with Gasteiger partial charge in [-0.05, 0) is 43.2 Å². The molecule has 3 aromatic heterocycles. The van der Waals surface area contributed by atoms with E-state index in [2.05, 4.69) is 37.6 Å². The van der Waals surface area contributed by atoms with E-state index in [1.807, 2.05) is 24.3 Å². The van der Waals surface area contributed by atoms with E-state index in [4.69, 9.17) is 20.4 Å². The highest BCUT2D eigenvalue weighted by molar-refractivity contribution is 7.80. The van der Waals surface area contributed by atoms with E-state index >= 15 is 0 Å². The third kappa shape index (κ3) is 3.04. The van der Waals surface area contributed by atoms with Crippen LogP contribution in [-0.2, 0) is 0 Å². The summed E-state index contributed by atoms with van der Waals surface area (Å²) in [6, 6.07) is 11.3. The Kier molecular flexibility index (Phi) is 4.02. The largest absolute Gasteiger partial charge is 0.461 e. The lowest BCUT2D eigenvalue weighted by Gasteiger charge is -2.10. The molecule has 1 aliphatic rings. The molecule has 5 rings (SSSR count). The van der Waals surface area contributed by atoms with Crippen LogP contribution in [0.15, 0.2) is 51.5 Å². The van der Waals surface area contributed by atoms with E-state index in [1.54, 1.807) is 18.4 Å². The van der Waals surface area contributed by atoms with Crippen LogP contribution in [0.5, 0.6) is 0 Å². The number of thiol groups is 1. The zero-order chi connectivity index (χ0) is 18.4. The molecular formula is C18H14ClN5O2S. The maximum absolute atomic E-state index is 6.04. The summed E-state index contributed by atoms with van der Waals surface area (Å²) in [5.41, 5.74) is 0.752. The van der Waals surface area contributed by atoms with Gasteiger partial charge in [0.2, 0.25) is 11.8 Å². The van der Waals surface area contributed by atoms with Crippen LogP contribution in [0.3, 0.4) is 0 Å². The molecule has 27 heavy (non-hydrogen) atoms. The summed E-state index contributed by atoms with van der Waals surface area (Å²) in [6.07, 6.45) is 3.75. The first-order valence-electron chi connectivity index (χ1n) is 8.47. The fourth-order valence-electron chi connectivity index (χ4n) is 2.95. The van der Waals surface area contributed by atoms with Crippen molar-refractivity contribution in [3.8, 4) is 23.0 Å². The van der Waals surface area contributed by atoms with Gasteiger partial charge in [-0.25, -0.2) is 0 Å². The standard InChI is InChI=1S/C18H14ClN5O2S/c19-11-4-1-3-10(9-11)17-22-23-18(26-17)14(27)16-21-20-15(13-5-2-8-25-13)24(16)12-6-7-12/h1-5,8-9,12,14,27H,6-7H2. The Morgan fingerprint density at radius 1 is 1.11 bits per heavy atom. The summed E-state index contributed by atoms with van der Waals surface area (Å²) in [4.78, 5) is 0. The topological polar surface area (TPSA) is 82.8 Å². The Bertz CT molecular complexity index is 1090. The van der Waals surface area contributed by atoms with Crippen molar-refractivity contribution in [2.75, 3.05) is 0 Å².